The molecule has 3 aliphatic heterocycles. The average molecular weight is 791 g/mol. The topological polar surface area (TPSA) is 161 Å². The zero-order chi connectivity index (χ0) is 41.1. The molecule has 0 bridgehead atoms. The number of carbonyl (C=O) groups excluding carboxylic acids is 1. The van der Waals surface area contributed by atoms with E-state index >= 15 is 0 Å². The average Bonchev–Trinajstić information content (AvgIpc) is 3.57. The first-order valence-corrected chi connectivity index (χ1v) is 16.1. The van der Waals surface area contributed by atoms with Crippen molar-refractivity contribution in [1.82, 2.24) is 19.7 Å². The fraction of sp³-hybridized carbons (Fsp3) is 0.545. The van der Waals surface area contributed by atoms with Gasteiger partial charge in [0.2, 0.25) is 5.91 Å². The zero-order valence-electron chi connectivity index (χ0n) is 29.0. The molecule has 302 valence electrons. The van der Waals surface area contributed by atoms with E-state index in [1.165, 1.54) is 11.1 Å². The van der Waals surface area contributed by atoms with Crippen molar-refractivity contribution in [3.63, 3.8) is 0 Å². The number of nitrogens with zero attached hydrogens (tertiary/aromatic N) is 4. The first kappa shape index (κ1) is 45.5. The number of pyridine rings is 1. The van der Waals surface area contributed by atoms with Crippen molar-refractivity contribution >= 4 is 23.8 Å². The first-order valence-electron chi connectivity index (χ1n) is 16.1. The third-order valence-electron chi connectivity index (χ3n) is 9.16. The molecule has 12 nitrogen and oxygen atoms in total. The van der Waals surface area contributed by atoms with E-state index < -0.39 is 36.4 Å². The molecule has 1 atom stereocenters. The Kier molecular flexibility index (Phi) is 15.7. The van der Waals surface area contributed by atoms with Gasteiger partial charge in [-0.15, -0.1) is 0 Å². The molecule has 3 N–H and O–H groups in total. The number of carbonyl (C=O) groups is 4. The van der Waals surface area contributed by atoms with Crippen LogP contribution in [-0.2, 0) is 32.3 Å². The summed E-state index contributed by atoms with van der Waals surface area (Å²) in [5, 5.41) is 21.4. The lowest BCUT2D eigenvalue weighted by atomic mass is 9.60. The van der Waals surface area contributed by atoms with Gasteiger partial charge in [-0.05, 0) is 68.6 Å². The van der Waals surface area contributed by atoms with Crippen molar-refractivity contribution in [3.8, 4) is 5.75 Å². The molecular weight excluding hydrogens is 751 g/mol. The lowest BCUT2D eigenvalue weighted by Crippen LogP contribution is -2.52. The molecule has 0 saturated carbocycles. The smallest absolute Gasteiger partial charge is 0.490 e. The molecule has 1 unspecified atom stereocenters. The van der Waals surface area contributed by atoms with Crippen LogP contribution in [0.15, 0.2) is 48.8 Å². The van der Waals surface area contributed by atoms with Crippen molar-refractivity contribution in [3.05, 3.63) is 59.9 Å². The molecule has 3 aliphatic rings. The number of hydrogen-bond acceptors (Lipinski definition) is 8. The summed E-state index contributed by atoms with van der Waals surface area (Å²) in [6, 6.07) is 12.6. The van der Waals surface area contributed by atoms with E-state index in [-0.39, 0.29) is 10.8 Å². The summed E-state index contributed by atoms with van der Waals surface area (Å²) in [7, 11) is 1.71. The number of piperidine rings is 1. The first-order chi connectivity index (χ1) is 24.9. The van der Waals surface area contributed by atoms with Gasteiger partial charge in [0.05, 0.1) is 12.5 Å². The van der Waals surface area contributed by atoms with E-state index in [0.717, 1.165) is 77.4 Å². The second-order valence-corrected chi connectivity index (χ2v) is 12.5. The standard InChI is InChI=1S/C27H36N4O2.3C2HF3O2/c1-3-31-16-12-27(25(31)32)21-30(19-23-5-4-13-28-17-23)20-26(27)10-14-29(15-11-26)18-22-6-8-24(33-2)9-7-22;3*3-2(4,5)1(6)7/h4-9,13,17H,3,10-12,14-16,18-21H2,1-2H3;3*(H,6,7). The van der Waals surface area contributed by atoms with Gasteiger partial charge in [0.25, 0.3) is 0 Å². The molecule has 0 radical (unpaired) electrons. The summed E-state index contributed by atoms with van der Waals surface area (Å²) < 4.78 is 101. The molecule has 21 heteroatoms. The maximum atomic E-state index is 13.7. The summed E-state index contributed by atoms with van der Waals surface area (Å²) in [6.45, 7) is 9.69. The van der Waals surface area contributed by atoms with Crippen LogP contribution in [0.2, 0.25) is 0 Å². The molecule has 2 spiro atoms. The molecule has 3 fully saturated rings. The number of ether oxygens (including phenoxy) is 1. The number of fused-ring (bicyclic) bond motifs is 1. The lowest BCUT2D eigenvalue weighted by molar-refractivity contribution is -0.193. The number of hydrogen-bond donors (Lipinski definition) is 3. The number of rotatable bonds is 6. The number of carboxylic acids is 3. The molecule has 1 aromatic heterocycles. The maximum Gasteiger partial charge on any atom is 0.490 e. The minimum absolute atomic E-state index is 0.0760. The van der Waals surface area contributed by atoms with Gasteiger partial charge >= 0.3 is 36.4 Å². The van der Waals surface area contributed by atoms with Crippen molar-refractivity contribution in [2.24, 2.45) is 10.8 Å². The SMILES string of the molecule is CCN1CCC2(CN(Cc3cccnc3)CC23CCN(Cc2ccc(OC)cc2)CC3)C1=O.O=C(O)C(F)(F)F.O=C(O)C(F)(F)F.O=C(O)C(F)(F)F. The zero-order valence-corrected chi connectivity index (χ0v) is 29.0. The molecule has 54 heavy (non-hydrogen) atoms. The van der Waals surface area contributed by atoms with Gasteiger partial charge in [-0.2, -0.15) is 39.5 Å². The fourth-order valence-electron chi connectivity index (χ4n) is 6.59. The molecule has 2 aromatic rings. The highest BCUT2D eigenvalue weighted by atomic mass is 19.4. The van der Waals surface area contributed by atoms with E-state index in [9.17, 15) is 44.3 Å². The predicted molar refractivity (Wildman–Crippen MR) is 170 cm³/mol. The van der Waals surface area contributed by atoms with E-state index in [1.807, 2.05) is 30.6 Å². The van der Waals surface area contributed by atoms with Gasteiger partial charge in [0.15, 0.2) is 0 Å². The quantitative estimate of drug-likeness (QED) is 0.325. The Morgan fingerprint density at radius 2 is 1.22 bits per heavy atom. The summed E-state index contributed by atoms with van der Waals surface area (Å²) in [5.41, 5.74) is 2.41. The molecule has 1 aromatic carbocycles. The normalized spacial score (nSPS) is 19.9. The predicted octanol–water partition coefficient (Wildman–Crippen LogP) is 5.33. The molecule has 0 aliphatic carbocycles. The Bertz CT molecular complexity index is 1490. The molecule has 3 saturated heterocycles. The Hall–Kier alpha value is -4.66. The van der Waals surface area contributed by atoms with Crippen LogP contribution in [0.5, 0.6) is 5.75 Å². The molecule has 4 heterocycles. The van der Waals surface area contributed by atoms with Gasteiger partial charge < -0.3 is 25.0 Å². The van der Waals surface area contributed by atoms with Gasteiger partial charge in [0, 0.05) is 57.1 Å². The Balaban J connectivity index is 0.000000393. The highest BCUT2D eigenvalue weighted by Gasteiger charge is 2.64. The van der Waals surface area contributed by atoms with Crippen molar-refractivity contribution < 1.29 is 78.7 Å². The summed E-state index contributed by atoms with van der Waals surface area (Å²) in [5.74, 6) is -6.96. The maximum absolute atomic E-state index is 13.7. The van der Waals surface area contributed by atoms with Crippen LogP contribution in [0.4, 0.5) is 39.5 Å². The Labute approximate surface area is 303 Å². The van der Waals surface area contributed by atoms with Crippen LogP contribution < -0.4 is 4.74 Å². The molecule has 1 amide bonds. The molecular formula is C33H39F9N4O8. The second kappa shape index (κ2) is 18.6. The third kappa shape index (κ3) is 12.5. The second-order valence-electron chi connectivity index (χ2n) is 12.5. The number of aliphatic carboxylic acids is 3. The van der Waals surface area contributed by atoms with E-state index in [2.05, 4.69) is 44.8 Å². The highest BCUT2D eigenvalue weighted by Crippen LogP contribution is 2.58. The van der Waals surface area contributed by atoms with Crippen LogP contribution >= 0.6 is 0 Å². The van der Waals surface area contributed by atoms with E-state index in [4.69, 9.17) is 34.4 Å². The monoisotopic (exact) mass is 790 g/mol. The molecule has 5 rings (SSSR count). The van der Waals surface area contributed by atoms with Gasteiger partial charge in [-0.1, -0.05) is 18.2 Å². The fourth-order valence-corrected chi connectivity index (χ4v) is 6.59. The number of amides is 1. The van der Waals surface area contributed by atoms with Crippen LogP contribution in [0, 0.1) is 10.8 Å². The van der Waals surface area contributed by atoms with Crippen LogP contribution in [0.1, 0.15) is 37.3 Å². The number of methoxy groups -OCH3 is 1. The number of alkyl halides is 9. The summed E-state index contributed by atoms with van der Waals surface area (Å²) in [6.07, 6.45) is -8.27. The van der Waals surface area contributed by atoms with Gasteiger partial charge in [-0.3, -0.25) is 19.6 Å². The van der Waals surface area contributed by atoms with Crippen molar-refractivity contribution in [1.29, 1.82) is 0 Å². The number of carboxylic acid groups (broad SMARTS) is 3. The van der Waals surface area contributed by atoms with Crippen molar-refractivity contribution in [2.45, 2.75) is 57.8 Å². The minimum atomic E-state index is -5.08. The van der Waals surface area contributed by atoms with Crippen molar-refractivity contribution in [2.75, 3.05) is 46.4 Å². The number of halogens is 9. The Morgan fingerprint density at radius 3 is 1.61 bits per heavy atom. The van der Waals surface area contributed by atoms with Crippen LogP contribution in [0.3, 0.4) is 0 Å². The Morgan fingerprint density at radius 1 is 0.741 bits per heavy atom. The minimum Gasteiger partial charge on any atom is -0.497 e. The largest absolute Gasteiger partial charge is 0.497 e. The number of likely N-dealkylation sites (tertiary alicyclic amines) is 3. The van der Waals surface area contributed by atoms with Gasteiger partial charge in [-0.25, -0.2) is 14.4 Å². The number of aromatic nitrogens is 1. The highest BCUT2D eigenvalue weighted by molar-refractivity contribution is 5.86. The lowest BCUT2D eigenvalue weighted by Gasteiger charge is -2.47. The van der Waals surface area contributed by atoms with Crippen LogP contribution in [0.25, 0.3) is 0 Å². The van der Waals surface area contributed by atoms with Crippen LogP contribution in [-0.4, -0.2) is 124 Å². The van der Waals surface area contributed by atoms with E-state index in [1.54, 1.807) is 7.11 Å². The summed E-state index contributed by atoms with van der Waals surface area (Å²) in [4.78, 5) is 51.9. The van der Waals surface area contributed by atoms with E-state index in [0.29, 0.717) is 5.91 Å². The third-order valence-corrected chi connectivity index (χ3v) is 9.16. The number of benzene rings is 1. The van der Waals surface area contributed by atoms with Gasteiger partial charge in [0.1, 0.15) is 5.75 Å². The summed E-state index contributed by atoms with van der Waals surface area (Å²) >= 11 is 0.